The number of aromatic carboxylic acids is 1. The van der Waals surface area contributed by atoms with E-state index in [-0.39, 0.29) is 22.0 Å². The molecule has 0 saturated carbocycles. The van der Waals surface area contributed by atoms with Crippen molar-refractivity contribution in [3.63, 3.8) is 0 Å². The van der Waals surface area contributed by atoms with Crippen LogP contribution in [0.2, 0.25) is 5.02 Å². The zero-order chi connectivity index (χ0) is 14.0. The van der Waals surface area contributed by atoms with Crippen LogP contribution < -0.4 is 5.32 Å². The number of aromatic amines is 1. The van der Waals surface area contributed by atoms with Gasteiger partial charge in [-0.1, -0.05) is 11.6 Å². The summed E-state index contributed by atoms with van der Waals surface area (Å²) in [5, 5.41) is 18.2. The van der Waals surface area contributed by atoms with Crippen LogP contribution in [-0.2, 0) is 0 Å². The topological polar surface area (TPSA) is 95.1 Å². The van der Waals surface area contributed by atoms with Crippen LogP contribution in [0.5, 0.6) is 0 Å². The fraction of sp³-hybridized carbons (Fsp3) is 0.0833. The molecule has 1 heterocycles. The molecule has 2 rings (SSSR count). The third-order valence-corrected chi connectivity index (χ3v) is 2.63. The number of anilines is 1. The second kappa shape index (κ2) is 5.11. The van der Waals surface area contributed by atoms with Gasteiger partial charge in [-0.3, -0.25) is 9.89 Å². The summed E-state index contributed by atoms with van der Waals surface area (Å²) in [6.45, 7) is 1.76. The van der Waals surface area contributed by atoms with E-state index in [1.807, 2.05) is 0 Å². The van der Waals surface area contributed by atoms with Crippen LogP contribution in [-0.4, -0.2) is 27.2 Å². The minimum Gasteiger partial charge on any atom is -0.478 e. The molecule has 19 heavy (non-hydrogen) atoms. The Hall–Kier alpha value is -2.34. The van der Waals surface area contributed by atoms with E-state index in [2.05, 4.69) is 15.5 Å². The summed E-state index contributed by atoms with van der Waals surface area (Å²) in [6.07, 6.45) is 0. The summed E-state index contributed by atoms with van der Waals surface area (Å²) in [5.74, 6) is -1.66. The summed E-state index contributed by atoms with van der Waals surface area (Å²) < 4.78 is 0. The van der Waals surface area contributed by atoms with Gasteiger partial charge in [0.1, 0.15) is 0 Å². The highest BCUT2D eigenvalue weighted by Crippen LogP contribution is 2.21. The van der Waals surface area contributed by atoms with Crippen molar-refractivity contribution in [1.82, 2.24) is 10.2 Å². The molecule has 0 aliphatic rings. The van der Waals surface area contributed by atoms with Crippen LogP contribution in [0.3, 0.4) is 0 Å². The fourth-order valence-corrected chi connectivity index (χ4v) is 1.70. The van der Waals surface area contributed by atoms with E-state index < -0.39 is 11.9 Å². The maximum atomic E-state index is 11.9. The number of benzene rings is 1. The maximum Gasteiger partial charge on any atom is 0.337 e. The fourth-order valence-electron chi connectivity index (χ4n) is 1.52. The first-order valence-corrected chi connectivity index (χ1v) is 5.71. The van der Waals surface area contributed by atoms with Crippen molar-refractivity contribution in [2.45, 2.75) is 6.92 Å². The lowest BCUT2D eigenvalue weighted by Gasteiger charge is -2.07. The molecule has 0 radical (unpaired) electrons. The standard InChI is InChI=1S/C12H10ClN3O3/c1-6-4-10(16-15-6)11(17)14-9-3-2-7(13)5-8(9)12(18)19/h2-5H,1H3,(H,14,17)(H,15,16)(H,18,19). The van der Waals surface area contributed by atoms with Crippen LogP contribution >= 0.6 is 11.6 Å². The van der Waals surface area contributed by atoms with Gasteiger partial charge in [-0.05, 0) is 31.2 Å². The Morgan fingerprint density at radius 1 is 1.37 bits per heavy atom. The summed E-state index contributed by atoms with van der Waals surface area (Å²) in [6, 6.07) is 5.77. The highest BCUT2D eigenvalue weighted by molar-refractivity contribution is 6.31. The highest BCUT2D eigenvalue weighted by Gasteiger charge is 2.15. The number of rotatable bonds is 3. The number of carboxylic acids is 1. The molecular formula is C12H10ClN3O3. The number of H-pyrrole nitrogens is 1. The molecule has 0 unspecified atom stereocenters. The molecule has 1 aromatic heterocycles. The first-order chi connectivity index (χ1) is 8.97. The summed E-state index contributed by atoms with van der Waals surface area (Å²) in [5.41, 5.74) is 1.01. The normalized spacial score (nSPS) is 10.2. The van der Waals surface area contributed by atoms with Gasteiger partial charge in [-0.2, -0.15) is 5.10 Å². The van der Waals surface area contributed by atoms with Crippen LogP contribution in [0.1, 0.15) is 26.5 Å². The smallest absolute Gasteiger partial charge is 0.337 e. The van der Waals surface area contributed by atoms with E-state index in [1.54, 1.807) is 13.0 Å². The minimum absolute atomic E-state index is 0.0758. The Kier molecular flexibility index (Phi) is 3.52. The third-order valence-electron chi connectivity index (χ3n) is 2.40. The number of aryl methyl sites for hydroxylation is 1. The lowest BCUT2D eigenvalue weighted by atomic mass is 10.1. The van der Waals surface area contributed by atoms with Gasteiger partial charge in [0.2, 0.25) is 0 Å². The zero-order valence-corrected chi connectivity index (χ0v) is 10.7. The van der Waals surface area contributed by atoms with Gasteiger partial charge >= 0.3 is 5.97 Å². The molecule has 0 spiro atoms. The van der Waals surface area contributed by atoms with Gasteiger partial charge in [0, 0.05) is 10.7 Å². The van der Waals surface area contributed by atoms with Gasteiger partial charge in [-0.25, -0.2) is 4.79 Å². The molecule has 0 saturated heterocycles. The van der Waals surface area contributed by atoms with Crippen LogP contribution in [0.15, 0.2) is 24.3 Å². The van der Waals surface area contributed by atoms with Gasteiger partial charge in [-0.15, -0.1) is 0 Å². The molecule has 98 valence electrons. The Morgan fingerprint density at radius 3 is 2.68 bits per heavy atom. The molecule has 0 bridgehead atoms. The van der Waals surface area contributed by atoms with E-state index in [0.717, 1.165) is 5.69 Å². The Morgan fingerprint density at radius 2 is 2.11 bits per heavy atom. The van der Waals surface area contributed by atoms with Crippen molar-refractivity contribution in [3.8, 4) is 0 Å². The number of nitrogens with one attached hydrogen (secondary N) is 2. The van der Waals surface area contributed by atoms with Crippen molar-refractivity contribution in [2.24, 2.45) is 0 Å². The summed E-state index contributed by atoms with van der Waals surface area (Å²) in [7, 11) is 0. The number of carbonyl (C=O) groups excluding carboxylic acids is 1. The average Bonchev–Trinajstić information content (AvgIpc) is 2.78. The van der Waals surface area contributed by atoms with E-state index >= 15 is 0 Å². The van der Waals surface area contributed by atoms with E-state index in [9.17, 15) is 9.59 Å². The molecule has 1 amide bonds. The Bertz CT molecular complexity index is 651. The molecule has 6 nitrogen and oxygen atoms in total. The number of halogens is 1. The van der Waals surface area contributed by atoms with Gasteiger partial charge in [0.05, 0.1) is 11.3 Å². The number of carboxylic acid groups (broad SMARTS) is 1. The quantitative estimate of drug-likeness (QED) is 0.803. The maximum absolute atomic E-state index is 11.9. The van der Waals surface area contributed by atoms with Crippen molar-refractivity contribution in [2.75, 3.05) is 5.32 Å². The molecule has 2 aromatic rings. The third kappa shape index (κ3) is 2.92. The second-order valence-corrected chi connectivity index (χ2v) is 4.32. The monoisotopic (exact) mass is 279 g/mol. The van der Waals surface area contributed by atoms with Crippen LogP contribution in [0, 0.1) is 6.92 Å². The van der Waals surface area contributed by atoms with Crippen molar-refractivity contribution >= 4 is 29.2 Å². The van der Waals surface area contributed by atoms with Gasteiger partial charge in [0.25, 0.3) is 5.91 Å². The highest BCUT2D eigenvalue weighted by atomic mass is 35.5. The molecule has 3 N–H and O–H groups in total. The average molecular weight is 280 g/mol. The summed E-state index contributed by atoms with van der Waals surface area (Å²) in [4.78, 5) is 22.9. The molecule has 1 aromatic carbocycles. The molecular weight excluding hydrogens is 270 g/mol. The number of amides is 1. The van der Waals surface area contributed by atoms with Crippen molar-refractivity contribution in [1.29, 1.82) is 0 Å². The van der Waals surface area contributed by atoms with Gasteiger partial charge < -0.3 is 10.4 Å². The van der Waals surface area contributed by atoms with Crippen molar-refractivity contribution < 1.29 is 14.7 Å². The molecule has 0 aliphatic heterocycles. The predicted octanol–water partition coefficient (Wildman–Crippen LogP) is 2.32. The number of hydrogen-bond acceptors (Lipinski definition) is 3. The molecule has 7 heteroatoms. The molecule has 0 aliphatic carbocycles. The first kappa shape index (κ1) is 13.1. The first-order valence-electron chi connectivity index (χ1n) is 5.33. The van der Waals surface area contributed by atoms with E-state index in [4.69, 9.17) is 16.7 Å². The molecule has 0 fully saturated rings. The number of nitrogens with zero attached hydrogens (tertiary/aromatic N) is 1. The van der Waals surface area contributed by atoms with Crippen LogP contribution in [0.25, 0.3) is 0 Å². The zero-order valence-electron chi connectivity index (χ0n) is 9.90. The second-order valence-electron chi connectivity index (χ2n) is 3.89. The number of carbonyl (C=O) groups is 2. The van der Waals surface area contributed by atoms with Crippen LogP contribution in [0.4, 0.5) is 5.69 Å². The SMILES string of the molecule is Cc1cc(C(=O)Nc2ccc(Cl)cc2C(=O)O)n[nH]1. The molecule has 0 atom stereocenters. The van der Waals surface area contributed by atoms with E-state index in [0.29, 0.717) is 0 Å². The lowest BCUT2D eigenvalue weighted by molar-refractivity contribution is 0.0698. The lowest BCUT2D eigenvalue weighted by Crippen LogP contribution is -2.15. The van der Waals surface area contributed by atoms with Crippen molar-refractivity contribution in [3.05, 3.63) is 46.2 Å². The number of hydrogen-bond donors (Lipinski definition) is 3. The Balaban J connectivity index is 2.28. The largest absolute Gasteiger partial charge is 0.478 e. The van der Waals surface area contributed by atoms with Gasteiger partial charge in [0.15, 0.2) is 5.69 Å². The number of aromatic nitrogens is 2. The minimum atomic E-state index is -1.17. The Labute approximate surface area is 113 Å². The van der Waals surface area contributed by atoms with E-state index in [1.165, 1.54) is 18.2 Å². The predicted molar refractivity (Wildman–Crippen MR) is 69.7 cm³/mol. The summed E-state index contributed by atoms with van der Waals surface area (Å²) >= 11 is 5.72.